The maximum atomic E-state index is 12.0. The fraction of sp³-hybridized carbons (Fsp3) is 0.333. The summed E-state index contributed by atoms with van der Waals surface area (Å²) in [4.78, 5) is 0. The van der Waals surface area contributed by atoms with Crippen LogP contribution in [0.4, 0.5) is 0 Å². The molecule has 0 spiro atoms. The van der Waals surface area contributed by atoms with E-state index in [9.17, 15) is 4.57 Å². The van der Waals surface area contributed by atoms with Crippen molar-refractivity contribution >= 4 is 8.25 Å². The molecule has 0 atom stereocenters. The summed E-state index contributed by atoms with van der Waals surface area (Å²) < 4.78 is 43.4. The van der Waals surface area contributed by atoms with Gasteiger partial charge in [0.15, 0.2) is 0 Å². The van der Waals surface area contributed by atoms with E-state index < -0.39 is 8.25 Å². The van der Waals surface area contributed by atoms with E-state index in [1.165, 1.54) is 0 Å². The van der Waals surface area contributed by atoms with E-state index in [0.29, 0.717) is 23.0 Å². The molecular formula is C18H23O7P. The number of methoxy groups -OCH3 is 4. The highest BCUT2D eigenvalue weighted by Crippen LogP contribution is 2.31. The third kappa shape index (κ3) is 5.95. The average molecular weight is 382 g/mol. The minimum Gasteiger partial charge on any atom is -0.497 e. The summed E-state index contributed by atoms with van der Waals surface area (Å²) in [7, 11) is 3.58. The summed E-state index contributed by atoms with van der Waals surface area (Å²) in [5.74, 6) is 2.53. The quantitative estimate of drug-likeness (QED) is 0.578. The minimum absolute atomic E-state index is 0.118. The van der Waals surface area contributed by atoms with Gasteiger partial charge in [-0.3, -0.25) is 4.57 Å². The van der Waals surface area contributed by atoms with Crippen LogP contribution in [-0.4, -0.2) is 28.4 Å². The summed E-state index contributed by atoms with van der Waals surface area (Å²) in [6.45, 7) is 0.236. The SMILES string of the molecule is COc1cc(CO[PH](=O)OCc2cc(OC)cc(OC)c2)cc(OC)c1. The van der Waals surface area contributed by atoms with Crippen molar-refractivity contribution in [3.63, 3.8) is 0 Å². The predicted octanol–water partition coefficient (Wildman–Crippen LogP) is 3.84. The predicted molar refractivity (Wildman–Crippen MR) is 97.7 cm³/mol. The lowest BCUT2D eigenvalue weighted by molar-refractivity contribution is 0.212. The van der Waals surface area contributed by atoms with Crippen LogP contribution in [0, 0.1) is 0 Å². The molecule has 8 heteroatoms. The zero-order valence-corrected chi connectivity index (χ0v) is 16.2. The second-order valence-corrected chi connectivity index (χ2v) is 6.35. The van der Waals surface area contributed by atoms with Gasteiger partial charge in [0.1, 0.15) is 23.0 Å². The molecule has 2 aromatic rings. The Balaban J connectivity index is 1.91. The van der Waals surface area contributed by atoms with Crippen molar-refractivity contribution in [3.8, 4) is 23.0 Å². The van der Waals surface area contributed by atoms with Crippen LogP contribution in [0.15, 0.2) is 36.4 Å². The lowest BCUT2D eigenvalue weighted by atomic mass is 10.2. The van der Waals surface area contributed by atoms with Crippen LogP contribution in [0.1, 0.15) is 11.1 Å². The second kappa shape index (κ2) is 10.1. The van der Waals surface area contributed by atoms with Crippen molar-refractivity contribution in [2.75, 3.05) is 28.4 Å². The number of benzene rings is 2. The molecule has 0 saturated carbocycles. The summed E-state index contributed by atoms with van der Waals surface area (Å²) in [6, 6.07) is 10.6. The first-order valence-corrected chi connectivity index (χ1v) is 9.04. The van der Waals surface area contributed by atoms with Crippen LogP contribution < -0.4 is 18.9 Å². The Bertz CT molecular complexity index is 642. The van der Waals surface area contributed by atoms with Gasteiger partial charge in [0.25, 0.3) is 0 Å². The van der Waals surface area contributed by atoms with Gasteiger partial charge in [-0.25, -0.2) is 0 Å². The molecule has 142 valence electrons. The van der Waals surface area contributed by atoms with E-state index in [1.54, 1.807) is 64.8 Å². The third-order valence-electron chi connectivity index (χ3n) is 3.54. The normalized spacial score (nSPS) is 10.7. The monoisotopic (exact) mass is 382 g/mol. The van der Waals surface area contributed by atoms with Gasteiger partial charge in [-0.05, 0) is 35.4 Å². The molecule has 0 aliphatic rings. The highest BCUT2D eigenvalue weighted by atomic mass is 31.1. The highest BCUT2D eigenvalue weighted by molar-refractivity contribution is 7.33. The summed E-state index contributed by atoms with van der Waals surface area (Å²) in [5.41, 5.74) is 1.54. The van der Waals surface area contributed by atoms with E-state index in [4.69, 9.17) is 28.0 Å². The first-order valence-electron chi connectivity index (χ1n) is 7.81. The molecule has 0 N–H and O–H groups in total. The Morgan fingerprint density at radius 3 is 1.19 bits per heavy atom. The van der Waals surface area contributed by atoms with E-state index in [0.717, 1.165) is 11.1 Å². The standard InChI is InChI=1S/C18H23O7P/c1-20-15-5-13(6-16(9-15)21-2)11-24-26(19)25-12-14-7-17(22-3)10-18(8-14)23-4/h5-10,26H,11-12H2,1-4H3. The van der Waals surface area contributed by atoms with E-state index in [-0.39, 0.29) is 13.2 Å². The molecule has 0 aliphatic heterocycles. The maximum absolute atomic E-state index is 12.0. The molecule has 2 rings (SSSR count). The number of hydrogen-bond donors (Lipinski definition) is 0. The molecule has 26 heavy (non-hydrogen) atoms. The molecule has 0 saturated heterocycles. The van der Waals surface area contributed by atoms with Crippen LogP contribution in [0.3, 0.4) is 0 Å². The molecule has 0 aliphatic carbocycles. The smallest absolute Gasteiger partial charge is 0.319 e. The fourth-order valence-corrected chi connectivity index (χ4v) is 2.88. The van der Waals surface area contributed by atoms with E-state index >= 15 is 0 Å². The van der Waals surface area contributed by atoms with Gasteiger partial charge in [0, 0.05) is 12.1 Å². The Hall–Kier alpha value is -2.21. The van der Waals surface area contributed by atoms with Crippen LogP contribution in [0.2, 0.25) is 0 Å². The van der Waals surface area contributed by atoms with Crippen LogP contribution in [0.25, 0.3) is 0 Å². The van der Waals surface area contributed by atoms with Gasteiger partial charge >= 0.3 is 8.25 Å². The number of rotatable bonds is 10. The maximum Gasteiger partial charge on any atom is 0.319 e. The van der Waals surface area contributed by atoms with Gasteiger partial charge in [-0.2, -0.15) is 0 Å². The lowest BCUT2D eigenvalue weighted by Gasteiger charge is -2.10. The highest BCUT2D eigenvalue weighted by Gasteiger charge is 2.07. The third-order valence-corrected chi connectivity index (χ3v) is 4.30. The molecule has 0 aromatic heterocycles. The van der Waals surface area contributed by atoms with Gasteiger partial charge in [-0.1, -0.05) is 0 Å². The van der Waals surface area contributed by atoms with E-state index in [2.05, 4.69) is 0 Å². The van der Waals surface area contributed by atoms with Crippen LogP contribution in [-0.2, 0) is 26.8 Å². The Labute approximate surface area is 153 Å². The topological polar surface area (TPSA) is 72.5 Å². The molecule has 0 unspecified atom stereocenters. The van der Waals surface area contributed by atoms with Gasteiger partial charge in [0.2, 0.25) is 0 Å². The van der Waals surface area contributed by atoms with Crippen molar-refractivity contribution in [1.82, 2.24) is 0 Å². The molecule has 0 amide bonds. The summed E-state index contributed by atoms with van der Waals surface area (Å²) in [5, 5.41) is 0. The number of hydrogen-bond acceptors (Lipinski definition) is 7. The van der Waals surface area contributed by atoms with Gasteiger partial charge < -0.3 is 28.0 Å². The molecular weight excluding hydrogens is 359 g/mol. The fourth-order valence-electron chi connectivity index (χ4n) is 2.23. The second-order valence-electron chi connectivity index (χ2n) is 5.27. The van der Waals surface area contributed by atoms with Gasteiger partial charge in [-0.15, -0.1) is 0 Å². The first kappa shape index (κ1) is 20.1. The van der Waals surface area contributed by atoms with Crippen LogP contribution in [0.5, 0.6) is 23.0 Å². The molecule has 0 bridgehead atoms. The van der Waals surface area contributed by atoms with E-state index in [1.807, 2.05) is 0 Å². The van der Waals surface area contributed by atoms with Crippen LogP contribution >= 0.6 is 8.25 Å². The minimum atomic E-state index is -2.68. The van der Waals surface area contributed by atoms with Crippen molar-refractivity contribution in [2.24, 2.45) is 0 Å². The first-order chi connectivity index (χ1) is 12.6. The van der Waals surface area contributed by atoms with Crippen molar-refractivity contribution < 1.29 is 32.6 Å². The largest absolute Gasteiger partial charge is 0.497 e. The summed E-state index contributed by atoms with van der Waals surface area (Å²) in [6.07, 6.45) is 0. The van der Waals surface area contributed by atoms with Gasteiger partial charge in [0.05, 0.1) is 41.7 Å². The average Bonchev–Trinajstić information content (AvgIpc) is 2.69. The van der Waals surface area contributed by atoms with Crippen molar-refractivity contribution in [3.05, 3.63) is 47.5 Å². The Kier molecular flexibility index (Phi) is 7.78. The Morgan fingerprint density at radius 2 is 0.923 bits per heavy atom. The molecule has 2 aromatic carbocycles. The zero-order valence-electron chi connectivity index (χ0n) is 15.2. The molecule has 0 radical (unpaired) electrons. The zero-order chi connectivity index (χ0) is 18.9. The lowest BCUT2D eigenvalue weighted by Crippen LogP contribution is -1.94. The molecule has 7 nitrogen and oxygen atoms in total. The van der Waals surface area contributed by atoms with Crippen molar-refractivity contribution in [1.29, 1.82) is 0 Å². The molecule has 0 heterocycles. The Morgan fingerprint density at radius 1 is 0.615 bits per heavy atom. The molecule has 0 fully saturated rings. The summed E-state index contributed by atoms with van der Waals surface area (Å²) >= 11 is 0. The number of ether oxygens (including phenoxy) is 4. The van der Waals surface area contributed by atoms with Crippen molar-refractivity contribution in [2.45, 2.75) is 13.2 Å².